The number of fused-ring (bicyclic) bond motifs is 1. The molecule has 0 radical (unpaired) electrons. The number of unbranched alkanes of at least 4 members (excludes halogenated alkanes) is 2. The number of carbonyl (C=O) groups excluding carboxylic acids is 2. The van der Waals surface area contributed by atoms with Crippen molar-refractivity contribution in [2.75, 3.05) is 20.2 Å². The highest BCUT2D eigenvalue weighted by Gasteiger charge is 2.22. The Kier molecular flexibility index (Phi) is 9.53. The highest BCUT2D eigenvalue weighted by Crippen LogP contribution is 2.24. The zero-order chi connectivity index (χ0) is 25.2. The number of para-hydroxylation sites is 2. The molecule has 0 spiro atoms. The minimum Gasteiger partial charge on any atom is -0.496 e. The fraction of sp³-hybridized carbons (Fsp3) is 0.379. The Morgan fingerprint density at radius 1 is 0.971 bits per heavy atom. The van der Waals surface area contributed by atoms with Crippen LogP contribution in [0.25, 0.3) is 17.0 Å². The smallest absolute Gasteiger partial charge is 0.270 e. The maximum Gasteiger partial charge on any atom is 0.270 e. The summed E-state index contributed by atoms with van der Waals surface area (Å²) in [5, 5.41) is 3.96. The van der Waals surface area contributed by atoms with Crippen LogP contribution in [0.4, 0.5) is 0 Å². The molecule has 6 heteroatoms. The number of amides is 2. The van der Waals surface area contributed by atoms with E-state index in [1.807, 2.05) is 41.4 Å². The quantitative estimate of drug-likeness (QED) is 0.333. The second-order valence-electron chi connectivity index (χ2n) is 8.60. The van der Waals surface area contributed by atoms with Crippen LogP contribution in [0.3, 0.4) is 0 Å². The number of aromatic nitrogens is 1. The molecule has 3 rings (SSSR count). The van der Waals surface area contributed by atoms with E-state index in [0.29, 0.717) is 24.4 Å². The van der Waals surface area contributed by atoms with Crippen LogP contribution in [0, 0.1) is 0 Å². The monoisotopic (exact) mass is 475 g/mol. The molecule has 0 saturated carbocycles. The molecule has 1 N–H and O–H groups in total. The van der Waals surface area contributed by atoms with E-state index < -0.39 is 0 Å². The van der Waals surface area contributed by atoms with Crippen molar-refractivity contribution in [2.24, 2.45) is 0 Å². The van der Waals surface area contributed by atoms with Gasteiger partial charge in [0.1, 0.15) is 11.4 Å². The van der Waals surface area contributed by atoms with Crippen LogP contribution in [0.2, 0.25) is 0 Å². The van der Waals surface area contributed by atoms with Crippen LogP contribution < -0.4 is 10.1 Å². The number of benzene rings is 2. The summed E-state index contributed by atoms with van der Waals surface area (Å²) in [4.78, 5) is 29.0. The van der Waals surface area contributed by atoms with E-state index in [0.717, 1.165) is 48.7 Å². The first-order valence-corrected chi connectivity index (χ1v) is 12.6. The third-order valence-electron chi connectivity index (χ3n) is 6.14. The van der Waals surface area contributed by atoms with Crippen molar-refractivity contribution in [1.82, 2.24) is 14.8 Å². The zero-order valence-electron chi connectivity index (χ0n) is 21.3. The number of ether oxygens (including phenoxy) is 1. The number of hydrogen-bond donors (Lipinski definition) is 1. The highest BCUT2D eigenvalue weighted by atomic mass is 16.5. The minimum absolute atomic E-state index is 0.163. The molecule has 0 unspecified atom stereocenters. The number of nitrogens with zero attached hydrogens (tertiary/aromatic N) is 2. The largest absolute Gasteiger partial charge is 0.496 e. The summed E-state index contributed by atoms with van der Waals surface area (Å²) in [7, 11) is 1.53. The average molecular weight is 476 g/mol. The van der Waals surface area contributed by atoms with Crippen LogP contribution in [-0.4, -0.2) is 41.5 Å². The van der Waals surface area contributed by atoms with Crippen LogP contribution in [-0.2, 0) is 11.3 Å². The van der Waals surface area contributed by atoms with Gasteiger partial charge in [-0.2, -0.15) is 0 Å². The Hall–Kier alpha value is -3.54. The second kappa shape index (κ2) is 12.8. The van der Waals surface area contributed by atoms with E-state index in [1.54, 1.807) is 18.2 Å². The van der Waals surface area contributed by atoms with Gasteiger partial charge in [0, 0.05) is 42.3 Å². The Bertz CT molecular complexity index is 1170. The van der Waals surface area contributed by atoms with Crippen molar-refractivity contribution < 1.29 is 14.3 Å². The molecule has 1 aromatic heterocycles. The number of rotatable bonds is 12. The van der Waals surface area contributed by atoms with Gasteiger partial charge >= 0.3 is 0 Å². The molecule has 2 amide bonds. The Morgan fingerprint density at radius 3 is 2.29 bits per heavy atom. The predicted molar refractivity (Wildman–Crippen MR) is 142 cm³/mol. The number of methoxy groups -OCH3 is 1. The van der Waals surface area contributed by atoms with Crippen molar-refractivity contribution in [2.45, 2.75) is 53.0 Å². The van der Waals surface area contributed by atoms with E-state index in [-0.39, 0.29) is 17.5 Å². The van der Waals surface area contributed by atoms with Gasteiger partial charge in [-0.1, -0.05) is 57.0 Å². The molecule has 0 aliphatic carbocycles. The van der Waals surface area contributed by atoms with E-state index in [2.05, 4.69) is 36.7 Å². The van der Waals surface area contributed by atoms with Crippen molar-refractivity contribution in [3.8, 4) is 5.75 Å². The number of carbonyl (C=O) groups is 2. The van der Waals surface area contributed by atoms with Gasteiger partial charge < -0.3 is 19.5 Å². The van der Waals surface area contributed by atoms with Crippen molar-refractivity contribution in [3.63, 3.8) is 0 Å². The van der Waals surface area contributed by atoms with Crippen LogP contribution in [0.5, 0.6) is 5.75 Å². The standard InChI is InChI=1S/C29H37N3O3/c1-5-8-18-32(19-9-6-2)29(34)25(30-28(33)24-15-11-13-17-27(24)35-4)20-22-21-31(7-3)26-16-12-10-14-23(22)26/h10-17,20-21H,5-9,18-19H2,1-4H3,(H,30,33)/b25-20-. The summed E-state index contributed by atoms with van der Waals surface area (Å²) in [5.41, 5.74) is 2.65. The summed E-state index contributed by atoms with van der Waals surface area (Å²) in [6.07, 6.45) is 7.67. The van der Waals surface area contributed by atoms with Gasteiger partial charge in [-0.25, -0.2) is 0 Å². The summed E-state index contributed by atoms with van der Waals surface area (Å²) in [6, 6.07) is 15.1. The maximum absolute atomic E-state index is 13.8. The molecule has 6 nitrogen and oxygen atoms in total. The van der Waals surface area contributed by atoms with E-state index in [4.69, 9.17) is 4.74 Å². The minimum atomic E-state index is -0.368. The van der Waals surface area contributed by atoms with Gasteiger partial charge in [-0.3, -0.25) is 9.59 Å². The lowest BCUT2D eigenvalue weighted by Gasteiger charge is -2.24. The molecule has 186 valence electrons. The van der Waals surface area contributed by atoms with Crippen LogP contribution >= 0.6 is 0 Å². The molecule has 3 aromatic rings. The topological polar surface area (TPSA) is 63.6 Å². The summed E-state index contributed by atoms with van der Waals surface area (Å²) >= 11 is 0. The number of aryl methyl sites for hydroxylation is 1. The van der Waals surface area contributed by atoms with E-state index in [1.165, 1.54) is 7.11 Å². The van der Waals surface area contributed by atoms with Crippen LogP contribution in [0.1, 0.15) is 62.4 Å². The van der Waals surface area contributed by atoms with Gasteiger partial charge in [0.15, 0.2) is 0 Å². The molecule has 0 bridgehead atoms. The molecule has 0 fully saturated rings. The first-order valence-electron chi connectivity index (χ1n) is 12.6. The van der Waals surface area contributed by atoms with E-state index >= 15 is 0 Å². The third kappa shape index (κ3) is 6.32. The molecule has 35 heavy (non-hydrogen) atoms. The normalized spacial score (nSPS) is 11.5. The third-order valence-corrected chi connectivity index (χ3v) is 6.14. The first kappa shape index (κ1) is 26.1. The van der Waals surface area contributed by atoms with Crippen molar-refractivity contribution in [3.05, 3.63) is 71.6 Å². The summed E-state index contributed by atoms with van der Waals surface area (Å²) in [6.45, 7) is 8.45. The first-order chi connectivity index (χ1) is 17.0. The molecule has 0 aliphatic rings. The fourth-order valence-corrected chi connectivity index (χ4v) is 4.16. The summed E-state index contributed by atoms with van der Waals surface area (Å²) in [5.74, 6) is -0.0658. The Balaban J connectivity index is 2.06. The van der Waals surface area contributed by atoms with Gasteiger partial charge in [-0.15, -0.1) is 0 Å². The predicted octanol–water partition coefficient (Wildman–Crippen LogP) is 5.87. The second-order valence-corrected chi connectivity index (χ2v) is 8.60. The van der Waals surface area contributed by atoms with Gasteiger partial charge in [-0.05, 0) is 44.0 Å². The van der Waals surface area contributed by atoms with Crippen LogP contribution in [0.15, 0.2) is 60.4 Å². The fourth-order valence-electron chi connectivity index (χ4n) is 4.16. The molecule has 2 aromatic carbocycles. The number of nitrogens with one attached hydrogen (secondary N) is 1. The lowest BCUT2D eigenvalue weighted by Crippen LogP contribution is -2.39. The van der Waals surface area contributed by atoms with Gasteiger partial charge in [0.25, 0.3) is 11.8 Å². The van der Waals surface area contributed by atoms with Crippen molar-refractivity contribution >= 4 is 28.8 Å². The lowest BCUT2D eigenvalue weighted by atomic mass is 10.1. The molecular weight excluding hydrogens is 438 g/mol. The molecular formula is C29H37N3O3. The maximum atomic E-state index is 13.8. The molecule has 1 heterocycles. The molecule has 0 atom stereocenters. The summed E-state index contributed by atoms with van der Waals surface area (Å²) < 4.78 is 7.53. The molecule has 0 saturated heterocycles. The number of hydrogen-bond acceptors (Lipinski definition) is 3. The molecule has 0 aliphatic heterocycles. The average Bonchev–Trinajstić information content (AvgIpc) is 3.25. The zero-order valence-corrected chi connectivity index (χ0v) is 21.3. The highest BCUT2D eigenvalue weighted by molar-refractivity contribution is 6.07. The Labute approximate surface area is 208 Å². The Morgan fingerprint density at radius 2 is 1.63 bits per heavy atom. The lowest BCUT2D eigenvalue weighted by molar-refractivity contribution is -0.127. The van der Waals surface area contributed by atoms with Crippen molar-refractivity contribution in [1.29, 1.82) is 0 Å². The van der Waals surface area contributed by atoms with Gasteiger partial charge in [0.05, 0.1) is 12.7 Å². The van der Waals surface area contributed by atoms with E-state index in [9.17, 15) is 9.59 Å². The van der Waals surface area contributed by atoms with Gasteiger partial charge in [0.2, 0.25) is 0 Å². The SMILES string of the molecule is CCCCN(CCCC)C(=O)/C(=C/c1cn(CC)c2ccccc12)NC(=O)c1ccccc1OC.